The molecule has 128 valence electrons. The highest BCUT2D eigenvalue weighted by molar-refractivity contribution is 7.86. The van der Waals surface area contributed by atoms with Crippen LogP contribution >= 0.6 is 0 Å². The lowest BCUT2D eigenvalue weighted by Gasteiger charge is -2.16. The second kappa shape index (κ2) is 6.08. The van der Waals surface area contributed by atoms with Crippen LogP contribution in [0.2, 0.25) is 0 Å². The first-order valence-electron chi connectivity index (χ1n) is 7.17. The summed E-state index contributed by atoms with van der Waals surface area (Å²) < 4.78 is 33.1. The van der Waals surface area contributed by atoms with Crippen LogP contribution in [-0.4, -0.2) is 24.0 Å². The Morgan fingerprint density at radius 3 is 2.12 bits per heavy atom. The average Bonchev–Trinajstić information content (AvgIpc) is 2.59. The van der Waals surface area contributed by atoms with E-state index in [-0.39, 0.29) is 22.3 Å². The normalized spacial score (nSPS) is 11.4. The molecule has 0 saturated carbocycles. The van der Waals surface area contributed by atoms with Crippen LogP contribution in [0.15, 0.2) is 59.5 Å². The fraction of sp³-hybridized carbons (Fsp3) is 0. The van der Waals surface area contributed by atoms with Crippen molar-refractivity contribution in [1.29, 1.82) is 0 Å². The number of nitrogens with one attached hydrogen (secondary N) is 1. The first-order valence-corrected chi connectivity index (χ1v) is 8.61. The van der Waals surface area contributed by atoms with E-state index in [1.807, 2.05) is 0 Å². The molecule has 0 aromatic heterocycles. The lowest BCUT2D eigenvalue weighted by atomic mass is 10.1. The topological polar surface area (TPSA) is 130 Å². The molecule has 0 spiro atoms. The van der Waals surface area contributed by atoms with Gasteiger partial charge >= 0.3 is 0 Å². The van der Waals surface area contributed by atoms with Gasteiger partial charge in [-0.3, -0.25) is 9.35 Å². The summed E-state index contributed by atoms with van der Waals surface area (Å²) in [5.41, 5.74) is 5.82. The van der Waals surface area contributed by atoms with Gasteiger partial charge in [-0.15, -0.1) is 0 Å². The van der Waals surface area contributed by atoms with Crippen molar-refractivity contribution >= 4 is 38.2 Å². The fourth-order valence-electron chi connectivity index (χ4n) is 2.57. The van der Waals surface area contributed by atoms with Gasteiger partial charge in [0, 0.05) is 16.3 Å². The molecule has 0 bridgehead atoms. The van der Waals surface area contributed by atoms with E-state index in [9.17, 15) is 22.9 Å². The Kier molecular flexibility index (Phi) is 4.07. The molecule has 0 fully saturated rings. The van der Waals surface area contributed by atoms with Gasteiger partial charge in [0.05, 0.1) is 11.4 Å². The Bertz CT molecular complexity index is 1080. The van der Waals surface area contributed by atoms with Gasteiger partial charge < -0.3 is 16.2 Å². The first kappa shape index (κ1) is 16.7. The molecule has 5 N–H and O–H groups in total. The predicted molar refractivity (Wildman–Crippen MR) is 94.2 cm³/mol. The minimum absolute atomic E-state index is 0.0784. The molecule has 3 aromatic rings. The number of rotatable bonds is 3. The predicted octanol–water partition coefficient (Wildman–Crippen LogP) is 2.63. The van der Waals surface area contributed by atoms with Crippen LogP contribution in [0.5, 0.6) is 5.75 Å². The number of nitrogen functional groups attached to an aromatic ring is 1. The number of hydrogen-bond donors (Lipinski definition) is 4. The van der Waals surface area contributed by atoms with E-state index in [0.717, 1.165) is 0 Å². The molecule has 0 atom stereocenters. The number of aromatic hydroxyl groups is 1. The number of anilines is 2. The average molecular weight is 358 g/mol. The van der Waals surface area contributed by atoms with Crippen LogP contribution in [-0.2, 0) is 10.1 Å². The van der Waals surface area contributed by atoms with Crippen molar-refractivity contribution in [3.05, 3.63) is 60.2 Å². The minimum Gasteiger partial charge on any atom is -0.506 e. The number of carbonyl (C=O) groups excluding carboxylic acids is 1. The van der Waals surface area contributed by atoms with Crippen molar-refractivity contribution in [3.8, 4) is 5.75 Å². The molecule has 7 nitrogen and oxygen atoms in total. The number of carbonyl (C=O) groups is 1. The van der Waals surface area contributed by atoms with Gasteiger partial charge in [0.15, 0.2) is 4.90 Å². The second-order valence-electron chi connectivity index (χ2n) is 5.31. The Morgan fingerprint density at radius 1 is 0.960 bits per heavy atom. The summed E-state index contributed by atoms with van der Waals surface area (Å²) in [6.45, 7) is 0. The van der Waals surface area contributed by atoms with Crippen LogP contribution in [0.3, 0.4) is 0 Å². The summed E-state index contributed by atoms with van der Waals surface area (Å²) >= 11 is 0. The smallest absolute Gasteiger partial charge is 0.300 e. The second-order valence-corrected chi connectivity index (χ2v) is 6.67. The molecule has 0 aliphatic rings. The van der Waals surface area contributed by atoms with Gasteiger partial charge in [0.1, 0.15) is 5.75 Å². The summed E-state index contributed by atoms with van der Waals surface area (Å²) in [4.78, 5) is 11.5. The molecule has 0 aliphatic carbocycles. The Morgan fingerprint density at radius 2 is 1.52 bits per heavy atom. The largest absolute Gasteiger partial charge is 0.506 e. The molecule has 3 aromatic carbocycles. The number of phenolic OH excluding ortho intramolecular Hbond substituents is 1. The summed E-state index contributed by atoms with van der Waals surface area (Å²) in [5, 5.41) is 13.2. The van der Waals surface area contributed by atoms with Crippen LogP contribution in [0.4, 0.5) is 11.4 Å². The van der Waals surface area contributed by atoms with Crippen molar-refractivity contribution in [3.63, 3.8) is 0 Å². The number of fused-ring (bicyclic) bond motifs is 1. The van der Waals surface area contributed by atoms with E-state index in [1.165, 1.54) is 18.2 Å². The fourth-order valence-corrected chi connectivity index (χ4v) is 3.35. The van der Waals surface area contributed by atoms with E-state index in [0.29, 0.717) is 5.39 Å². The van der Waals surface area contributed by atoms with Crippen LogP contribution in [0, 0.1) is 0 Å². The maximum absolute atomic E-state index is 12.4. The molecular weight excluding hydrogens is 344 g/mol. The minimum atomic E-state index is -4.85. The highest BCUT2D eigenvalue weighted by atomic mass is 32.2. The zero-order chi connectivity index (χ0) is 18.2. The Balaban J connectivity index is 2.26. The lowest BCUT2D eigenvalue weighted by molar-refractivity contribution is 0.102. The molecule has 8 heteroatoms. The van der Waals surface area contributed by atoms with Crippen LogP contribution in [0.25, 0.3) is 10.8 Å². The standard InChI is InChI=1S/C17H14N2O5S/c18-13-11-8-4-5-9-12(11)15(20)16(25(22,23)24)14(13)19-17(21)10-6-2-1-3-7-10/h1-9,20H,18H2,(H,19,21)(H,22,23,24). The Labute approximate surface area is 143 Å². The van der Waals surface area contributed by atoms with Gasteiger partial charge in [-0.1, -0.05) is 42.5 Å². The van der Waals surface area contributed by atoms with E-state index in [1.54, 1.807) is 36.4 Å². The molecule has 3 rings (SSSR count). The maximum atomic E-state index is 12.4. The van der Waals surface area contributed by atoms with E-state index >= 15 is 0 Å². The van der Waals surface area contributed by atoms with E-state index < -0.39 is 26.7 Å². The highest BCUT2D eigenvalue weighted by Crippen LogP contribution is 2.43. The van der Waals surface area contributed by atoms with Crippen molar-refractivity contribution in [1.82, 2.24) is 0 Å². The number of nitrogens with two attached hydrogens (primary N) is 1. The van der Waals surface area contributed by atoms with Crippen molar-refractivity contribution < 1.29 is 22.9 Å². The van der Waals surface area contributed by atoms with Crippen molar-refractivity contribution in [2.75, 3.05) is 11.1 Å². The molecule has 25 heavy (non-hydrogen) atoms. The summed E-state index contributed by atoms with van der Waals surface area (Å²) in [6, 6.07) is 14.3. The van der Waals surface area contributed by atoms with Crippen molar-refractivity contribution in [2.45, 2.75) is 4.90 Å². The van der Waals surface area contributed by atoms with Crippen molar-refractivity contribution in [2.24, 2.45) is 0 Å². The van der Waals surface area contributed by atoms with Gasteiger partial charge in [-0.05, 0) is 12.1 Å². The van der Waals surface area contributed by atoms with Gasteiger partial charge in [-0.25, -0.2) is 0 Å². The summed E-state index contributed by atoms with van der Waals surface area (Å²) in [6.07, 6.45) is 0. The third-order valence-electron chi connectivity index (χ3n) is 3.72. The van der Waals surface area contributed by atoms with Gasteiger partial charge in [-0.2, -0.15) is 8.42 Å². The number of amides is 1. The zero-order valence-corrected chi connectivity index (χ0v) is 13.6. The van der Waals surface area contributed by atoms with Gasteiger partial charge in [0.25, 0.3) is 16.0 Å². The molecule has 0 heterocycles. The molecular formula is C17H14N2O5S. The number of phenols is 1. The molecule has 0 saturated heterocycles. The van der Waals surface area contributed by atoms with E-state index in [4.69, 9.17) is 5.73 Å². The maximum Gasteiger partial charge on any atom is 0.300 e. The van der Waals surface area contributed by atoms with Crippen LogP contribution < -0.4 is 11.1 Å². The third kappa shape index (κ3) is 3.00. The quantitative estimate of drug-likeness (QED) is 0.323. The molecule has 1 amide bonds. The SMILES string of the molecule is Nc1c(NC(=O)c2ccccc2)c(S(=O)(=O)O)c(O)c2ccccc12. The molecule has 0 aliphatic heterocycles. The Hall–Kier alpha value is -3.10. The summed E-state index contributed by atoms with van der Waals surface area (Å²) in [7, 11) is -4.85. The monoisotopic (exact) mass is 358 g/mol. The molecule has 0 radical (unpaired) electrons. The molecule has 0 unspecified atom stereocenters. The number of hydrogen-bond acceptors (Lipinski definition) is 5. The van der Waals surface area contributed by atoms with Gasteiger partial charge in [0.2, 0.25) is 0 Å². The third-order valence-corrected chi connectivity index (χ3v) is 4.63. The lowest BCUT2D eigenvalue weighted by Crippen LogP contribution is -2.16. The zero-order valence-electron chi connectivity index (χ0n) is 12.8. The number of benzene rings is 3. The summed E-state index contributed by atoms with van der Waals surface area (Å²) in [5.74, 6) is -1.32. The first-order chi connectivity index (χ1) is 11.8. The van der Waals surface area contributed by atoms with Crippen LogP contribution in [0.1, 0.15) is 10.4 Å². The highest BCUT2D eigenvalue weighted by Gasteiger charge is 2.27. The van der Waals surface area contributed by atoms with E-state index in [2.05, 4.69) is 5.32 Å².